The number of carbonyl (C=O) groups excluding carboxylic acids is 1. The second-order valence-electron chi connectivity index (χ2n) is 6.33. The maximum atomic E-state index is 12.7. The molecule has 0 aromatic carbocycles. The summed E-state index contributed by atoms with van der Waals surface area (Å²) >= 11 is 0. The van der Waals surface area contributed by atoms with Gasteiger partial charge in [0.05, 0.1) is 17.9 Å². The summed E-state index contributed by atoms with van der Waals surface area (Å²) in [5.41, 5.74) is -0.239. The average molecular weight is 367 g/mol. The molecule has 0 bridgehead atoms. The van der Waals surface area contributed by atoms with Crippen molar-refractivity contribution >= 4 is 17.7 Å². The van der Waals surface area contributed by atoms with E-state index in [1.54, 1.807) is 38.8 Å². The fourth-order valence-electron chi connectivity index (χ4n) is 3.00. The molecule has 2 amide bonds. The Kier molecular flexibility index (Phi) is 3.74. The molecule has 0 unspecified atom stereocenters. The molecule has 0 aliphatic carbocycles. The first kappa shape index (κ1) is 16.6. The van der Waals surface area contributed by atoms with E-state index in [0.717, 1.165) is 12.3 Å². The van der Waals surface area contributed by atoms with Crippen LogP contribution < -0.4 is 9.80 Å². The Balaban J connectivity index is 1.42. The van der Waals surface area contributed by atoms with Crippen molar-refractivity contribution in [2.75, 3.05) is 43.0 Å². The molecule has 8 nitrogen and oxygen atoms in total. The van der Waals surface area contributed by atoms with Crippen LogP contribution in [0.2, 0.25) is 0 Å². The SMILES string of the molecule is CN1CCN(c2cnn(C3CN(c4nccc(C(F)(F)F)n4)C3)c2)C1=O. The second-order valence-corrected chi connectivity index (χ2v) is 6.33. The Morgan fingerprint density at radius 2 is 2.00 bits per heavy atom. The monoisotopic (exact) mass is 367 g/mol. The highest BCUT2D eigenvalue weighted by Gasteiger charge is 2.36. The van der Waals surface area contributed by atoms with Gasteiger partial charge >= 0.3 is 12.2 Å². The molecule has 0 atom stereocenters. The van der Waals surface area contributed by atoms with Crippen molar-refractivity contribution in [3.05, 3.63) is 30.4 Å². The molecule has 0 saturated carbocycles. The molecule has 2 aliphatic heterocycles. The molecule has 11 heteroatoms. The van der Waals surface area contributed by atoms with Crippen molar-refractivity contribution in [1.82, 2.24) is 24.6 Å². The third-order valence-corrected chi connectivity index (χ3v) is 4.57. The summed E-state index contributed by atoms with van der Waals surface area (Å²) in [5, 5.41) is 4.28. The van der Waals surface area contributed by atoms with Crippen LogP contribution in [0.1, 0.15) is 11.7 Å². The van der Waals surface area contributed by atoms with Crippen molar-refractivity contribution < 1.29 is 18.0 Å². The predicted molar refractivity (Wildman–Crippen MR) is 85.9 cm³/mol. The van der Waals surface area contributed by atoms with Crippen LogP contribution in [0.3, 0.4) is 0 Å². The first-order valence-electron chi connectivity index (χ1n) is 8.05. The average Bonchev–Trinajstić information content (AvgIpc) is 3.14. The lowest BCUT2D eigenvalue weighted by Crippen LogP contribution is -2.49. The van der Waals surface area contributed by atoms with E-state index in [4.69, 9.17) is 0 Å². The number of urea groups is 1. The van der Waals surface area contributed by atoms with Crippen LogP contribution in [0.15, 0.2) is 24.7 Å². The first-order chi connectivity index (χ1) is 12.3. The van der Waals surface area contributed by atoms with Crippen LogP contribution in [-0.4, -0.2) is 63.9 Å². The summed E-state index contributed by atoms with van der Waals surface area (Å²) in [4.78, 5) is 24.5. The van der Waals surface area contributed by atoms with Gasteiger partial charge in [0.15, 0.2) is 0 Å². The molecule has 2 fully saturated rings. The van der Waals surface area contributed by atoms with E-state index >= 15 is 0 Å². The molecule has 138 valence electrons. The highest BCUT2D eigenvalue weighted by Crippen LogP contribution is 2.31. The third-order valence-electron chi connectivity index (χ3n) is 4.57. The molecule has 2 aromatic heterocycles. The van der Waals surface area contributed by atoms with Gasteiger partial charge in [-0.3, -0.25) is 9.58 Å². The number of rotatable bonds is 3. The number of anilines is 2. The van der Waals surface area contributed by atoms with Gasteiger partial charge in [0.1, 0.15) is 5.69 Å². The van der Waals surface area contributed by atoms with Gasteiger partial charge in [0.2, 0.25) is 5.95 Å². The minimum atomic E-state index is -4.49. The number of amides is 2. The topological polar surface area (TPSA) is 70.4 Å². The van der Waals surface area contributed by atoms with Gasteiger partial charge in [-0.05, 0) is 6.07 Å². The lowest BCUT2D eigenvalue weighted by molar-refractivity contribution is -0.141. The minimum Gasteiger partial charge on any atom is -0.336 e. The van der Waals surface area contributed by atoms with E-state index in [-0.39, 0.29) is 18.0 Å². The van der Waals surface area contributed by atoms with Crippen molar-refractivity contribution in [1.29, 1.82) is 0 Å². The smallest absolute Gasteiger partial charge is 0.336 e. The molecular weight excluding hydrogens is 351 g/mol. The lowest BCUT2D eigenvalue weighted by Gasteiger charge is -2.39. The fourth-order valence-corrected chi connectivity index (χ4v) is 3.00. The Morgan fingerprint density at radius 3 is 2.65 bits per heavy atom. The second kappa shape index (κ2) is 5.85. The molecule has 4 heterocycles. The molecule has 2 aliphatic rings. The molecule has 2 saturated heterocycles. The van der Waals surface area contributed by atoms with E-state index in [0.29, 0.717) is 31.9 Å². The number of nitrogens with zero attached hydrogens (tertiary/aromatic N) is 7. The van der Waals surface area contributed by atoms with Crippen LogP contribution in [-0.2, 0) is 6.18 Å². The number of halogens is 3. The van der Waals surface area contributed by atoms with Crippen molar-refractivity contribution in [2.45, 2.75) is 12.2 Å². The Bertz CT molecular complexity index is 831. The predicted octanol–water partition coefficient (Wildman–Crippen LogP) is 1.62. The number of hydrogen-bond acceptors (Lipinski definition) is 5. The molecule has 0 radical (unpaired) electrons. The van der Waals surface area contributed by atoms with E-state index in [1.807, 2.05) is 0 Å². The summed E-state index contributed by atoms with van der Waals surface area (Å²) < 4.78 is 40.0. The highest BCUT2D eigenvalue weighted by atomic mass is 19.4. The van der Waals surface area contributed by atoms with Gasteiger partial charge < -0.3 is 9.80 Å². The maximum Gasteiger partial charge on any atom is 0.433 e. The van der Waals surface area contributed by atoms with Crippen molar-refractivity contribution in [3.8, 4) is 0 Å². The fraction of sp³-hybridized carbons (Fsp3) is 0.467. The van der Waals surface area contributed by atoms with Gasteiger partial charge in [-0.15, -0.1) is 0 Å². The number of hydrogen-bond donors (Lipinski definition) is 0. The number of alkyl halides is 3. The summed E-state index contributed by atoms with van der Waals surface area (Å²) in [6, 6.07) is 0.777. The maximum absolute atomic E-state index is 12.7. The first-order valence-corrected chi connectivity index (χ1v) is 8.05. The van der Waals surface area contributed by atoms with E-state index in [1.165, 1.54) is 0 Å². The van der Waals surface area contributed by atoms with E-state index in [9.17, 15) is 18.0 Å². The summed E-state index contributed by atoms with van der Waals surface area (Å²) in [6.45, 7) is 2.18. The summed E-state index contributed by atoms with van der Waals surface area (Å²) in [6.07, 6.45) is 0.0286. The molecule has 2 aromatic rings. The van der Waals surface area contributed by atoms with Gasteiger partial charge in [0, 0.05) is 45.6 Å². The Morgan fingerprint density at radius 1 is 1.23 bits per heavy atom. The van der Waals surface area contributed by atoms with Gasteiger partial charge in [0.25, 0.3) is 0 Å². The van der Waals surface area contributed by atoms with Crippen LogP contribution in [0.5, 0.6) is 0 Å². The Labute approximate surface area is 146 Å². The zero-order valence-electron chi connectivity index (χ0n) is 13.9. The number of carbonyl (C=O) groups is 1. The zero-order valence-corrected chi connectivity index (χ0v) is 13.9. The van der Waals surface area contributed by atoms with E-state index in [2.05, 4.69) is 15.1 Å². The van der Waals surface area contributed by atoms with Crippen molar-refractivity contribution in [2.24, 2.45) is 0 Å². The normalized spacial score (nSPS) is 18.6. The van der Waals surface area contributed by atoms with Gasteiger partial charge in [-0.1, -0.05) is 0 Å². The Hall–Kier alpha value is -2.85. The highest BCUT2D eigenvalue weighted by molar-refractivity contribution is 5.93. The molecule has 4 rings (SSSR count). The van der Waals surface area contributed by atoms with Crippen LogP contribution in [0.25, 0.3) is 0 Å². The van der Waals surface area contributed by atoms with E-state index < -0.39 is 11.9 Å². The number of likely N-dealkylation sites (N-methyl/N-ethyl adjacent to an activating group) is 1. The van der Waals surface area contributed by atoms with Crippen LogP contribution >= 0.6 is 0 Å². The lowest BCUT2D eigenvalue weighted by atomic mass is 10.1. The van der Waals surface area contributed by atoms with Gasteiger partial charge in [-0.2, -0.15) is 18.3 Å². The molecular formula is C15H16F3N7O. The number of aromatic nitrogens is 4. The van der Waals surface area contributed by atoms with Crippen LogP contribution in [0, 0.1) is 0 Å². The van der Waals surface area contributed by atoms with Gasteiger partial charge in [-0.25, -0.2) is 14.8 Å². The minimum absolute atomic E-state index is 0.00247. The largest absolute Gasteiger partial charge is 0.433 e. The molecule has 0 spiro atoms. The quantitative estimate of drug-likeness (QED) is 0.825. The van der Waals surface area contributed by atoms with Crippen LogP contribution in [0.4, 0.5) is 29.6 Å². The summed E-state index contributed by atoms with van der Waals surface area (Å²) in [5.74, 6) is 0.0554. The summed E-state index contributed by atoms with van der Waals surface area (Å²) in [7, 11) is 1.74. The third kappa shape index (κ3) is 2.82. The van der Waals surface area contributed by atoms with Crippen molar-refractivity contribution in [3.63, 3.8) is 0 Å². The molecule has 0 N–H and O–H groups in total. The molecule has 26 heavy (non-hydrogen) atoms. The zero-order chi connectivity index (χ0) is 18.5. The standard InChI is InChI=1S/C15H16F3N7O/c1-22-4-5-24(14(22)26)10-6-20-25(9-10)11-7-23(8-11)13-19-3-2-12(21-13)15(16,17)18/h2-3,6,9,11H,4-5,7-8H2,1H3.